The molecule has 0 aliphatic heterocycles. The van der Waals surface area contributed by atoms with Crippen molar-refractivity contribution in [2.24, 2.45) is 22.2 Å². The smallest absolute Gasteiger partial charge is 0.185 e. The van der Waals surface area contributed by atoms with Gasteiger partial charge in [0.1, 0.15) is 0 Å². The third-order valence-electron chi connectivity index (χ3n) is 1.55. The van der Waals surface area contributed by atoms with Gasteiger partial charge in [-0.15, -0.1) is 0 Å². The molecule has 5 heteroatoms. The SMILES string of the molecule is CC[C@@H](N)CCCN=C(N)N.[V]. The van der Waals surface area contributed by atoms with Crippen molar-refractivity contribution in [3.05, 3.63) is 0 Å². The van der Waals surface area contributed by atoms with E-state index in [0.29, 0.717) is 12.6 Å². The van der Waals surface area contributed by atoms with Crippen LogP contribution in [-0.4, -0.2) is 18.5 Å². The summed E-state index contributed by atoms with van der Waals surface area (Å²) in [5.41, 5.74) is 16.0. The van der Waals surface area contributed by atoms with Gasteiger partial charge in [-0.25, -0.2) is 0 Å². The van der Waals surface area contributed by atoms with E-state index in [1.165, 1.54) is 0 Å². The Morgan fingerprint density at radius 3 is 2.42 bits per heavy atom. The van der Waals surface area contributed by atoms with Crippen molar-refractivity contribution in [3.63, 3.8) is 0 Å². The Hall–Kier alpha value is -0.186. The predicted octanol–water partition coefficient (Wildman–Crippen LogP) is -0.225. The van der Waals surface area contributed by atoms with Crippen molar-refractivity contribution in [2.45, 2.75) is 32.2 Å². The van der Waals surface area contributed by atoms with Gasteiger partial charge in [0.05, 0.1) is 0 Å². The maximum Gasteiger partial charge on any atom is 0.185 e. The molecule has 0 aromatic carbocycles. The summed E-state index contributed by atoms with van der Waals surface area (Å²) in [6, 6.07) is 0.296. The van der Waals surface area contributed by atoms with Gasteiger partial charge in [0, 0.05) is 31.1 Å². The number of guanidine groups is 1. The summed E-state index contributed by atoms with van der Waals surface area (Å²) < 4.78 is 0. The Balaban J connectivity index is 0. The Labute approximate surface area is 85.9 Å². The fourth-order valence-corrected chi connectivity index (χ4v) is 0.766. The van der Waals surface area contributed by atoms with Crippen LogP contribution in [0.15, 0.2) is 4.99 Å². The average molecular weight is 209 g/mol. The van der Waals surface area contributed by atoms with E-state index in [9.17, 15) is 0 Å². The van der Waals surface area contributed by atoms with Gasteiger partial charge >= 0.3 is 0 Å². The van der Waals surface area contributed by atoms with Crippen LogP contribution in [-0.2, 0) is 18.6 Å². The van der Waals surface area contributed by atoms with E-state index in [1.54, 1.807) is 0 Å². The minimum Gasteiger partial charge on any atom is -0.370 e. The van der Waals surface area contributed by atoms with E-state index in [1.807, 2.05) is 0 Å². The second kappa shape index (κ2) is 8.91. The normalized spacial score (nSPS) is 11.5. The Morgan fingerprint density at radius 2 is 2.00 bits per heavy atom. The van der Waals surface area contributed by atoms with Gasteiger partial charge in [-0.3, -0.25) is 4.99 Å². The molecule has 0 aliphatic rings. The molecule has 0 saturated carbocycles. The van der Waals surface area contributed by atoms with Gasteiger partial charge in [0.2, 0.25) is 0 Å². The van der Waals surface area contributed by atoms with Crippen LogP contribution in [0.3, 0.4) is 0 Å². The van der Waals surface area contributed by atoms with Crippen molar-refractivity contribution in [2.75, 3.05) is 6.54 Å². The van der Waals surface area contributed by atoms with Crippen LogP contribution in [0.5, 0.6) is 0 Å². The van der Waals surface area contributed by atoms with E-state index in [-0.39, 0.29) is 24.5 Å². The van der Waals surface area contributed by atoms with Gasteiger partial charge in [0.25, 0.3) is 0 Å². The van der Waals surface area contributed by atoms with Crippen LogP contribution < -0.4 is 17.2 Å². The van der Waals surface area contributed by atoms with E-state index < -0.39 is 0 Å². The van der Waals surface area contributed by atoms with Gasteiger partial charge in [-0.2, -0.15) is 0 Å². The summed E-state index contributed by atoms with van der Waals surface area (Å²) in [4.78, 5) is 3.85. The topological polar surface area (TPSA) is 90.4 Å². The molecule has 1 atom stereocenters. The average Bonchev–Trinajstić information content (AvgIpc) is 1.97. The Kier molecular flexibility index (Phi) is 10.6. The quantitative estimate of drug-likeness (QED) is 0.332. The van der Waals surface area contributed by atoms with Crippen LogP contribution in [0.4, 0.5) is 0 Å². The van der Waals surface area contributed by atoms with Crippen LogP contribution >= 0.6 is 0 Å². The zero-order valence-corrected chi connectivity index (χ0v) is 8.93. The van der Waals surface area contributed by atoms with E-state index in [2.05, 4.69) is 11.9 Å². The fourth-order valence-electron chi connectivity index (χ4n) is 0.766. The molecule has 0 saturated heterocycles. The van der Waals surface area contributed by atoms with Gasteiger partial charge in [0.15, 0.2) is 5.96 Å². The molecule has 0 bridgehead atoms. The molecule has 0 aliphatic carbocycles. The molecule has 71 valence electrons. The minimum absolute atomic E-state index is 0. The Bertz CT molecular complexity index is 123. The van der Waals surface area contributed by atoms with Crippen LogP contribution in [0.1, 0.15) is 26.2 Å². The number of aliphatic imine (C=N–C) groups is 1. The maximum atomic E-state index is 5.68. The molecule has 4 nitrogen and oxygen atoms in total. The minimum atomic E-state index is 0. The van der Waals surface area contributed by atoms with Gasteiger partial charge in [-0.1, -0.05) is 6.92 Å². The number of rotatable bonds is 5. The molecule has 0 amide bonds. The van der Waals surface area contributed by atoms with Crippen molar-refractivity contribution in [3.8, 4) is 0 Å². The second-order valence-corrected chi connectivity index (χ2v) is 2.62. The maximum absolute atomic E-state index is 5.68. The first-order valence-corrected chi connectivity index (χ1v) is 3.97. The van der Waals surface area contributed by atoms with Gasteiger partial charge in [-0.05, 0) is 19.3 Å². The summed E-state index contributed by atoms with van der Waals surface area (Å²) in [6.07, 6.45) is 2.97. The number of nitrogens with two attached hydrogens (primary N) is 3. The van der Waals surface area contributed by atoms with Crippen LogP contribution in [0, 0.1) is 0 Å². The molecule has 0 rings (SSSR count). The molecule has 0 heterocycles. The number of hydrogen-bond acceptors (Lipinski definition) is 2. The monoisotopic (exact) mass is 209 g/mol. The molecule has 0 aromatic rings. The largest absolute Gasteiger partial charge is 0.370 e. The van der Waals surface area contributed by atoms with Crippen molar-refractivity contribution in [1.82, 2.24) is 0 Å². The molecular weight excluding hydrogens is 191 g/mol. The van der Waals surface area contributed by atoms with Crippen LogP contribution in [0.25, 0.3) is 0 Å². The van der Waals surface area contributed by atoms with Crippen molar-refractivity contribution >= 4 is 5.96 Å². The number of nitrogens with zero attached hydrogens (tertiary/aromatic N) is 1. The first-order valence-electron chi connectivity index (χ1n) is 3.97. The summed E-state index contributed by atoms with van der Waals surface area (Å²) in [5, 5.41) is 0. The molecule has 6 N–H and O–H groups in total. The van der Waals surface area contributed by atoms with Gasteiger partial charge < -0.3 is 17.2 Å². The third kappa shape index (κ3) is 9.81. The Morgan fingerprint density at radius 1 is 1.42 bits per heavy atom. The molecule has 12 heavy (non-hydrogen) atoms. The molecular formula is C7H18N4V. The van der Waals surface area contributed by atoms with E-state index in [0.717, 1.165) is 19.3 Å². The summed E-state index contributed by atoms with van der Waals surface area (Å²) >= 11 is 0. The molecule has 0 fully saturated rings. The first kappa shape index (κ1) is 14.3. The fraction of sp³-hybridized carbons (Fsp3) is 0.857. The third-order valence-corrected chi connectivity index (χ3v) is 1.55. The number of hydrogen-bond donors (Lipinski definition) is 3. The van der Waals surface area contributed by atoms with Crippen LogP contribution in [0.2, 0.25) is 0 Å². The zero-order valence-electron chi connectivity index (χ0n) is 7.53. The second-order valence-electron chi connectivity index (χ2n) is 2.62. The summed E-state index contributed by atoms with van der Waals surface area (Å²) in [5.74, 6) is 0.162. The molecule has 1 radical (unpaired) electrons. The van der Waals surface area contributed by atoms with Crippen molar-refractivity contribution < 1.29 is 18.6 Å². The molecule has 0 aromatic heterocycles. The van der Waals surface area contributed by atoms with E-state index >= 15 is 0 Å². The van der Waals surface area contributed by atoms with Crippen molar-refractivity contribution in [1.29, 1.82) is 0 Å². The molecule has 0 unspecified atom stereocenters. The summed E-state index contributed by atoms with van der Waals surface area (Å²) in [6.45, 7) is 2.77. The molecule has 0 spiro atoms. The van der Waals surface area contributed by atoms with E-state index in [4.69, 9.17) is 17.2 Å². The first-order chi connectivity index (χ1) is 5.16. The zero-order chi connectivity index (χ0) is 8.69. The summed E-state index contributed by atoms with van der Waals surface area (Å²) in [7, 11) is 0. The standard InChI is InChI=1S/C7H18N4.V/c1-2-6(8)4-3-5-11-7(9)10;/h6H,2-5,8H2,1H3,(H4,9,10,11);/t6-;/m1./s1. The predicted molar refractivity (Wildman–Crippen MR) is 48.2 cm³/mol.